The Bertz CT molecular complexity index is 873. The lowest BCUT2D eigenvalue weighted by atomic mass is 10.2. The molecule has 0 fully saturated rings. The summed E-state index contributed by atoms with van der Waals surface area (Å²) in [6.45, 7) is 0.372. The van der Waals surface area contributed by atoms with Gasteiger partial charge in [-0.25, -0.2) is 4.98 Å². The highest BCUT2D eigenvalue weighted by atomic mass is 16.2. The molecule has 0 unspecified atom stereocenters. The fraction of sp³-hybridized carbons (Fsp3) is 0.0625. The van der Waals surface area contributed by atoms with Crippen molar-refractivity contribution in [2.45, 2.75) is 0 Å². The molecule has 1 aliphatic heterocycles. The van der Waals surface area contributed by atoms with Gasteiger partial charge in [0.2, 0.25) is 5.91 Å². The van der Waals surface area contributed by atoms with Gasteiger partial charge in [0.1, 0.15) is 0 Å². The van der Waals surface area contributed by atoms with Crippen molar-refractivity contribution < 1.29 is 4.79 Å². The fourth-order valence-electron chi connectivity index (χ4n) is 2.10. The van der Waals surface area contributed by atoms with Gasteiger partial charge in [-0.15, -0.1) is 0 Å². The Kier molecular flexibility index (Phi) is 3.82. The number of H-pyrrole nitrogens is 1. The van der Waals surface area contributed by atoms with E-state index in [2.05, 4.69) is 20.6 Å². The van der Waals surface area contributed by atoms with Crippen molar-refractivity contribution in [1.29, 1.82) is 0 Å². The number of para-hydroxylation sites is 4. The van der Waals surface area contributed by atoms with Crippen LogP contribution in [0.3, 0.4) is 0 Å². The highest BCUT2D eigenvalue weighted by Gasteiger charge is 2.11. The lowest BCUT2D eigenvalue weighted by molar-refractivity contribution is -0.114. The molecule has 0 saturated carbocycles. The van der Waals surface area contributed by atoms with E-state index in [-0.39, 0.29) is 11.5 Å². The Balaban J connectivity index is 0.000000131. The highest BCUT2D eigenvalue weighted by molar-refractivity contribution is 6.00. The van der Waals surface area contributed by atoms with Crippen LogP contribution in [0.5, 0.6) is 0 Å². The van der Waals surface area contributed by atoms with Gasteiger partial charge in [0, 0.05) is 0 Å². The smallest absolute Gasteiger partial charge is 0.266 e. The van der Waals surface area contributed by atoms with Gasteiger partial charge in [-0.05, 0) is 24.3 Å². The van der Waals surface area contributed by atoms with Crippen LogP contribution in [-0.4, -0.2) is 22.4 Å². The van der Waals surface area contributed by atoms with Crippen LogP contribution in [0.2, 0.25) is 0 Å². The van der Waals surface area contributed by atoms with Crippen LogP contribution < -0.4 is 16.2 Å². The van der Waals surface area contributed by atoms with Crippen LogP contribution in [0.25, 0.3) is 11.0 Å². The van der Waals surface area contributed by atoms with E-state index in [0.717, 1.165) is 22.4 Å². The number of nitrogens with zero attached hydrogens (tertiary/aromatic N) is 1. The van der Waals surface area contributed by atoms with Gasteiger partial charge in [0.05, 0.1) is 35.1 Å². The number of nitrogens with one attached hydrogen (secondary N) is 3. The van der Waals surface area contributed by atoms with Gasteiger partial charge in [0.15, 0.2) is 0 Å². The summed E-state index contributed by atoms with van der Waals surface area (Å²) in [5.41, 5.74) is 3.28. The maximum Gasteiger partial charge on any atom is 0.266 e. The molecule has 6 heteroatoms. The lowest BCUT2D eigenvalue weighted by Gasteiger charge is -2.17. The summed E-state index contributed by atoms with van der Waals surface area (Å²) in [6.07, 6.45) is 1.28. The van der Waals surface area contributed by atoms with Crippen molar-refractivity contribution in [3.05, 3.63) is 65.1 Å². The summed E-state index contributed by atoms with van der Waals surface area (Å²) in [5.74, 6) is 0.0173. The summed E-state index contributed by atoms with van der Waals surface area (Å²) < 4.78 is 0. The zero-order chi connectivity index (χ0) is 15.4. The standard InChI is InChI=1S/C8H8N2O.C8H6N2O/c2*11-8-5-9-6-3-1-2-4-7(6)10-8/h1-4,9H,5H2,(H,10,11);1-5H,(H,10,11). The Morgan fingerprint density at radius 2 is 1.64 bits per heavy atom. The van der Waals surface area contributed by atoms with E-state index >= 15 is 0 Å². The van der Waals surface area contributed by atoms with Crippen LogP contribution >= 0.6 is 0 Å². The molecule has 2 heterocycles. The Labute approximate surface area is 126 Å². The molecule has 0 atom stereocenters. The molecule has 110 valence electrons. The lowest BCUT2D eigenvalue weighted by Crippen LogP contribution is -2.27. The number of fused-ring (bicyclic) bond motifs is 2. The van der Waals surface area contributed by atoms with E-state index in [0.29, 0.717) is 6.54 Å². The molecule has 0 bridgehead atoms. The van der Waals surface area contributed by atoms with Gasteiger partial charge in [-0.1, -0.05) is 24.3 Å². The number of benzene rings is 2. The van der Waals surface area contributed by atoms with Gasteiger partial charge >= 0.3 is 0 Å². The van der Waals surface area contributed by atoms with Crippen LogP contribution in [-0.2, 0) is 4.79 Å². The van der Waals surface area contributed by atoms with E-state index < -0.39 is 0 Å². The second kappa shape index (κ2) is 6.09. The highest BCUT2D eigenvalue weighted by Crippen LogP contribution is 2.22. The number of hydrogen-bond donors (Lipinski definition) is 3. The summed E-state index contributed by atoms with van der Waals surface area (Å²) >= 11 is 0. The SMILES string of the molecule is O=C1CNc2ccccc2N1.O=c1cnc2ccccc2[nH]1. The van der Waals surface area contributed by atoms with E-state index in [1.807, 2.05) is 48.5 Å². The number of aromatic nitrogens is 2. The number of amides is 1. The first-order valence-electron chi connectivity index (χ1n) is 6.79. The van der Waals surface area contributed by atoms with Gasteiger partial charge in [-0.2, -0.15) is 0 Å². The maximum absolute atomic E-state index is 10.9. The minimum absolute atomic E-state index is 0.0173. The first kappa shape index (κ1) is 13.8. The molecule has 3 N–H and O–H groups in total. The predicted molar refractivity (Wildman–Crippen MR) is 85.9 cm³/mol. The number of anilines is 2. The first-order valence-corrected chi connectivity index (χ1v) is 6.79. The van der Waals surface area contributed by atoms with Crippen LogP contribution in [0, 0.1) is 0 Å². The van der Waals surface area contributed by atoms with Gasteiger partial charge < -0.3 is 15.6 Å². The van der Waals surface area contributed by atoms with Crippen LogP contribution in [0.15, 0.2) is 59.5 Å². The molecular formula is C16H14N4O2. The molecule has 4 rings (SSSR count). The molecule has 0 radical (unpaired) electrons. The number of carbonyl (C=O) groups is 1. The van der Waals surface area contributed by atoms with E-state index in [9.17, 15) is 9.59 Å². The van der Waals surface area contributed by atoms with E-state index in [4.69, 9.17) is 0 Å². The minimum atomic E-state index is -0.163. The molecule has 0 spiro atoms. The zero-order valence-electron chi connectivity index (χ0n) is 11.7. The normalized spacial score (nSPS) is 12.5. The molecule has 22 heavy (non-hydrogen) atoms. The topological polar surface area (TPSA) is 86.9 Å². The Morgan fingerprint density at radius 1 is 0.909 bits per heavy atom. The first-order chi connectivity index (χ1) is 10.7. The van der Waals surface area contributed by atoms with Gasteiger partial charge in [0.25, 0.3) is 5.56 Å². The van der Waals surface area contributed by atoms with Gasteiger partial charge in [-0.3, -0.25) is 9.59 Å². The number of aromatic amines is 1. The molecule has 0 aliphatic carbocycles. The number of hydrogen-bond acceptors (Lipinski definition) is 4. The Morgan fingerprint density at radius 3 is 2.50 bits per heavy atom. The number of carbonyl (C=O) groups excluding carboxylic acids is 1. The summed E-state index contributed by atoms with van der Waals surface area (Å²) in [6, 6.07) is 15.1. The maximum atomic E-state index is 10.9. The summed E-state index contributed by atoms with van der Waals surface area (Å²) in [4.78, 5) is 28.2. The minimum Gasteiger partial charge on any atom is -0.374 e. The largest absolute Gasteiger partial charge is 0.374 e. The average molecular weight is 294 g/mol. The second-order valence-corrected chi connectivity index (χ2v) is 4.71. The van der Waals surface area contributed by atoms with Crippen molar-refractivity contribution in [3.8, 4) is 0 Å². The van der Waals surface area contributed by atoms with Crippen molar-refractivity contribution in [2.75, 3.05) is 17.2 Å². The molecule has 1 aromatic heterocycles. The second-order valence-electron chi connectivity index (χ2n) is 4.71. The van der Waals surface area contributed by atoms with Crippen LogP contribution in [0.4, 0.5) is 11.4 Å². The molecule has 3 aromatic rings. The fourth-order valence-corrected chi connectivity index (χ4v) is 2.10. The average Bonchev–Trinajstić information content (AvgIpc) is 2.55. The molecule has 6 nitrogen and oxygen atoms in total. The quantitative estimate of drug-likeness (QED) is 0.591. The number of rotatable bonds is 0. The van der Waals surface area contributed by atoms with Crippen LogP contribution in [0.1, 0.15) is 0 Å². The summed E-state index contributed by atoms with van der Waals surface area (Å²) in [5, 5.41) is 5.76. The Hall–Kier alpha value is -3.15. The van der Waals surface area contributed by atoms with Crippen molar-refractivity contribution in [2.24, 2.45) is 0 Å². The third-order valence-corrected chi connectivity index (χ3v) is 3.12. The molecule has 1 amide bonds. The molecule has 1 aliphatic rings. The third-order valence-electron chi connectivity index (χ3n) is 3.12. The molecular weight excluding hydrogens is 280 g/mol. The monoisotopic (exact) mass is 294 g/mol. The summed E-state index contributed by atoms with van der Waals surface area (Å²) in [7, 11) is 0. The molecule has 0 saturated heterocycles. The van der Waals surface area contributed by atoms with Crippen molar-refractivity contribution >= 4 is 28.3 Å². The van der Waals surface area contributed by atoms with Crippen molar-refractivity contribution in [1.82, 2.24) is 9.97 Å². The zero-order valence-corrected chi connectivity index (χ0v) is 11.7. The van der Waals surface area contributed by atoms with E-state index in [1.165, 1.54) is 6.20 Å². The van der Waals surface area contributed by atoms with E-state index in [1.54, 1.807) is 0 Å². The predicted octanol–water partition coefficient (Wildman–Crippen LogP) is 1.97. The van der Waals surface area contributed by atoms with Crippen molar-refractivity contribution in [3.63, 3.8) is 0 Å². The molecule has 2 aromatic carbocycles. The third kappa shape index (κ3) is 3.12.